The van der Waals surface area contributed by atoms with Crippen LogP contribution in [0.3, 0.4) is 0 Å². The van der Waals surface area contributed by atoms with E-state index in [1.165, 1.54) is 32.6 Å². The number of carbonyl (C=O) groups excluding carboxylic acids is 1. The first-order chi connectivity index (χ1) is 12.2. The maximum Gasteiger partial charge on any atom is 0.319 e. The number of ether oxygens (including phenoxy) is 1. The Labute approximate surface area is 161 Å². The van der Waals surface area contributed by atoms with Gasteiger partial charge in [-0.25, -0.2) is 0 Å². The summed E-state index contributed by atoms with van der Waals surface area (Å²) in [6, 6.07) is 23.0. The van der Waals surface area contributed by atoms with Crippen molar-refractivity contribution < 1.29 is 9.53 Å². The molecule has 3 aromatic rings. The van der Waals surface area contributed by atoms with Crippen LogP contribution in [0.2, 0.25) is 0 Å². The summed E-state index contributed by atoms with van der Waals surface area (Å²) in [4.78, 5) is 14.0. The van der Waals surface area contributed by atoms with E-state index in [1.54, 1.807) is 0 Å². The van der Waals surface area contributed by atoms with Crippen LogP contribution in [0, 0.1) is 3.57 Å². The molecule has 25 heavy (non-hydrogen) atoms. The second kappa shape index (κ2) is 8.45. The number of benzene rings is 3. The zero-order chi connectivity index (χ0) is 17.6. The van der Waals surface area contributed by atoms with Crippen molar-refractivity contribution in [3.05, 3.63) is 81.4 Å². The van der Waals surface area contributed by atoms with Crippen molar-refractivity contribution in [1.29, 1.82) is 0 Å². The zero-order valence-corrected chi connectivity index (χ0v) is 16.3. The van der Waals surface area contributed by atoms with Crippen LogP contribution in [0.5, 0.6) is 0 Å². The first-order valence-corrected chi connectivity index (χ1v) is 9.24. The Morgan fingerprint density at radius 3 is 2.28 bits per heavy atom. The number of rotatable bonds is 6. The smallest absolute Gasteiger partial charge is 0.319 e. The quantitative estimate of drug-likeness (QED) is 0.410. The van der Waals surface area contributed by atoms with E-state index < -0.39 is 0 Å². The van der Waals surface area contributed by atoms with E-state index in [-0.39, 0.29) is 12.5 Å². The van der Waals surface area contributed by atoms with Crippen molar-refractivity contribution >= 4 is 39.3 Å². The maximum atomic E-state index is 11.8. The SMILES string of the molecule is COC(=O)CN(Cc1ccccc1)Cc1cc2ccccc2cc1I. The van der Waals surface area contributed by atoms with E-state index in [9.17, 15) is 4.79 Å². The predicted molar refractivity (Wildman–Crippen MR) is 109 cm³/mol. The van der Waals surface area contributed by atoms with Crippen LogP contribution in [0.25, 0.3) is 10.8 Å². The molecule has 0 radical (unpaired) electrons. The minimum absolute atomic E-state index is 0.216. The molecular formula is C21H20INO2. The molecule has 0 spiro atoms. The van der Waals surface area contributed by atoms with Gasteiger partial charge in [-0.3, -0.25) is 9.69 Å². The fourth-order valence-corrected chi connectivity index (χ4v) is 3.54. The summed E-state index contributed by atoms with van der Waals surface area (Å²) in [7, 11) is 1.43. The van der Waals surface area contributed by atoms with Crippen LogP contribution >= 0.6 is 22.6 Å². The highest BCUT2D eigenvalue weighted by molar-refractivity contribution is 14.1. The molecule has 0 aliphatic rings. The molecule has 0 bridgehead atoms. The molecule has 3 aromatic carbocycles. The second-order valence-electron chi connectivity index (χ2n) is 6.00. The van der Waals surface area contributed by atoms with E-state index in [2.05, 4.69) is 76.0 Å². The zero-order valence-electron chi connectivity index (χ0n) is 14.1. The van der Waals surface area contributed by atoms with Crippen molar-refractivity contribution in [3.8, 4) is 0 Å². The lowest BCUT2D eigenvalue weighted by Gasteiger charge is -2.22. The van der Waals surface area contributed by atoms with Gasteiger partial charge >= 0.3 is 5.97 Å². The maximum absolute atomic E-state index is 11.8. The van der Waals surface area contributed by atoms with Crippen molar-refractivity contribution in [2.24, 2.45) is 0 Å². The lowest BCUT2D eigenvalue weighted by molar-refractivity contribution is -0.142. The topological polar surface area (TPSA) is 29.5 Å². The van der Waals surface area contributed by atoms with E-state index in [0.29, 0.717) is 13.1 Å². The van der Waals surface area contributed by atoms with Crippen LogP contribution in [0.1, 0.15) is 11.1 Å². The van der Waals surface area contributed by atoms with E-state index in [1.807, 2.05) is 18.2 Å². The van der Waals surface area contributed by atoms with Crippen LogP contribution in [-0.2, 0) is 22.6 Å². The highest BCUT2D eigenvalue weighted by Gasteiger charge is 2.14. The third-order valence-corrected chi connectivity index (χ3v) is 5.14. The van der Waals surface area contributed by atoms with Gasteiger partial charge in [-0.1, -0.05) is 54.6 Å². The number of methoxy groups -OCH3 is 1. The molecule has 0 atom stereocenters. The third-order valence-electron chi connectivity index (χ3n) is 4.14. The molecule has 0 aliphatic carbocycles. The highest BCUT2D eigenvalue weighted by atomic mass is 127. The molecule has 0 fully saturated rings. The Morgan fingerprint density at radius 1 is 0.960 bits per heavy atom. The molecule has 128 valence electrons. The van der Waals surface area contributed by atoms with Crippen LogP contribution in [-0.4, -0.2) is 24.5 Å². The van der Waals surface area contributed by atoms with Gasteiger partial charge in [0.15, 0.2) is 0 Å². The Kier molecular flexibility index (Phi) is 6.04. The van der Waals surface area contributed by atoms with Crippen molar-refractivity contribution in [2.75, 3.05) is 13.7 Å². The number of halogens is 1. The highest BCUT2D eigenvalue weighted by Crippen LogP contribution is 2.23. The Hall–Kier alpha value is -1.92. The largest absolute Gasteiger partial charge is 0.468 e. The van der Waals surface area contributed by atoms with Gasteiger partial charge in [0.05, 0.1) is 13.7 Å². The predicted octanol–water partition coefficient (Wildman–Crippen LogP) is 4.62. The monoisotopic (exact) mass is 445 g/mol. The number of fused-ring (bicyclic) bond motifs is 1. The van der Waals surface area contributed by atoms with Gasteiger partial charge in [-0.2, -0.15) is 0 Å². The minimum atomic E-state index is -0.216. The van der Waals surface area contributed by atoms with Crippen LogP contribution < -0.4 is 0 Å². The van der Waals surface area contributed by atoms with Crippen LogP contribution in [0.15, 0.2) is 66.7 Å². The molecule has 0 aromatic heterocycles. The molecule has 0 N–H and O–H groups in total. The normalized spacial score (nSPS) is 11.0. The number of esters is 1. The number of carbonyl (C=O) groups is 1. The van der Waals surface area contributed by atoms with Crippen molar-refractivity contribution in [1.82, 2.24) is 4.90 Å². The number of hydrogen-bond acceptors (Lipinski definition) is 3. The van der Waals surface area contributed by atoms with Gasteiger partial charge < -0.3 is 4.74 Å². The molecule has 4 heteroatoms. The Bertz CT molecular complexity index is 864. The molecule has 0 heterocycles. The minimum Gasteiger partial charge on any atom is -0.468 e. The van der Waals surface area contributed by atoms with Gasteiger partial charge in [0.25, 0.3) is 0 Å². The molecular weight excluding hydrogens is 425 g/mol. The number of hydrogen-bond donors (Lipinski definition) is 0. The molecule has 0 unspecified atom stereocenters. The van der Waals surface area contributed by atoms with Gasteiger partial charge in [0.2, 0.25) is 0 Å². The third kappa shape index (κ3) is 4.80. The van der Waals surface area contributed by atoms with E-state index >= 15 is 0 Å². The molecule has 0 saturated carbocycles. The Morgan fingerprint density at radius 2 is 1.60 bits per heavy atom. The van der Waals surface area contributed by atoms with Gasteiger partial charge in [0.1, 0.15) is 0 Å². The van der Waals surface area contributed by atoms with Crippen molar-refractivity contribution in [2.45, 2.75) is 13.1 Å². The van der Waals surface area contributed by atoms with Crippen molar-refractivity contribution in [3.63, 3.8) is 0 Å². The van der Waals surface area contributed by atoms with Gasteiger partial charge in [0, 0.05) is 16.7 Å². The average molecular weight is 445 g/mol. The molecule has 0 saturated heterocycles. The summed E-state index contributed by atoms with van der Waals surface area (Å²) >= 11 is 2.37. The van der Waals surface area contributed by atoms with Crippen LogP contribution in [0.4, 0.5) is 0 Å². The fourth-order valence-electron chi connectivity index (χ4n) is 2.88. The fraction of sp³-hybridized carbons (Fsp3) is 0.190. The van der Waals surface area contributed by atoms with E-state index in [4.69, 9.17) is 4.74 Å². The number of nitrogens with zero attached hydrogens (tertiary/aromatic N) is 1. The van der Waals surface area contributed by atoms with E-state index in [0.717, 1.165) is 0 Å². The van der Waals surface area contributed by atoms with Gasteiger partial charge in [-0.05, 0) is 56.6 Å². The molecule has 0 amide bonds. The molecule has 3 rings (SSSR count). The summed E-state index contributed by atoms with van der Waals surface area (Å²) in [6.07, 6.45) is 0. The summed E-state index contributed by atoms with van der Waals surface area (Å²) in [5.41, 5.74) is 2.40. The summed E-state index contributed by atoms with van der Waals surface area (Å²) in [5, 5.41) is 2.45. The summed E-state index contributed by atoms with van der Waals surface area (Å²) in [6.45, 7) is 1.68. The summed E-state index contributed by atoms with van der Waals surface area (Å²) in [5.74, 6) is -0.216. The first-order valence-electron chi connectivity index (χ1n) is 8.16. The molecule has 3 nitrogen and oxygen atoms in total. The van der Waals surface area contributed by atoms with Gasteiger partial charge in [-0.15, -0.1) is 0 Å². The average Bonchev–Trinajstić information content (AvgIpc) is 2.63. The molecule has 0 aliphatic heterocycles. The first kappa shape index (κ1) is 17.9. The lowest BCUT2D eigenvalue weighted by atomic mass is 10.1. The second-order valence-corrected chi connectivity index (χ2v) is 7.16. The Balaban J connectivity index is 1.86. The standard InChI is InChI=1S/C21H20INO2/c1-25-21(24)15-23(13-16-7-3-2-4-8-16)14-19-11-17-9-5-6-10-18(17)12-20(19)22/h2-12H,13-15H2,1H3. The summed E-state index contributed by atoms with van der Waals surface area (Å²) < 4.78 is 6.08. The lowest BCUT2D eigenvalue weighted by Crippen LogP contribution is -2.30.